The summed E-state index contributed by atoms with van der Waals surface area (Å²) in [7, 11) is 0. The van der Waals surface area contributed by atoms with Gasteiger partial charge in [-0.3, -0.25) is 4.79 Å². The van der Waals surface area contributed by atoms with Gasteiger partial charge in [0.1, 0.15) is 5.75 Å². The van der Waals surface area contributed by atoms with Crippen LogP contribution in [0.25, 0.3) is 6.08 Å². The fraction of sp³-hybridized carbons (Fsp3) is 0.250. The molecule has 0 bridgehead atoms. The quantitative estimate of drug-likeness (QED) is 0.775. The number of benzene rings is 1. The van der Waals surface area contributed by atoms with Crippen molar-refractivity contribution in [1.82, 2.24) is 0 Å². The van der Waals surface area contributed by atoms with Crippen molar-refractivity contribution in [3.8, 4) is 5.75 Å². The van der Waals surface area contributed by atoms with Gasteiger partial charge < -0.3 is 10.2 Å². The molecule has 0 spiro atoms. The van der Waals surface area contributed by atoms with Crippen molar-refractivity contribution in [1.29, 1.82) is 0 Å². The van der Waals surface area contributed by atoms with Gasteiger partial charge in [-0.05, 0) is 25.0 Å². The summed E-state index contributed by atoms with van der Waals surface area (Å²) in [6, 6.07) is 5.30. The third-order valence-electron chi connectivity index (χ3n) is 2.82. The third-order valence-corrected chi connectivity index (χ3v) is 2.82. The number of carbonyl (C=O) groups is 1. The predicted molar refractivity (Wildman–Crippen MR) is 56.6 cm³/mol. The number of aliphatic carboxylic acids is 1. The number of phenols is 1. The Hall–Kier alpha value is -1.77. The molecule has 1 aliphatic carbocycles. The fourth-order valence-electron chi connectivity index (χ4n) is 1.81. The minimum Gasteiger partial charge on any atom is -0.507 e. The Morgan fingerprint density at radius 2 is 2.20 bits per heavy atom. The molecule has 0 radical (unpaired) electrons. The van der Waals surface area contributed by atoms with E-state index in [1.54, 1.807) is 25.1 Å². The van der Waals surface area contributed by atoms with Crippen molar-refractivity contribution in [3.63, 3.8) is 0 Å². The van der Waals surface area contributed by atoms with Crippen LogP contribution in [0.15, 0.2) is 23.8 Å². The van der Waals surface area contributed by atoms with Crippen molar-refractivity contribution < 1.29 is 15.0 Å². The van der Waals surface area contributed by atoms with Crippen molar-refractivity contribution in [2.24, 2.45) is 5.92 Å². The molecule has 2 rings (SSSR count). The van der Waals surface area contributed by atoms with Crippen LogP contribution >= 0.6 is 0 Å². The Morgan fingerprint density at radius 3 is 2.80 bits per heavy atom. The Morgan fingerprint density at radius 1 is 1.47 bits per heavy atom. The summed E-state index contributed by atoms with van der Waals surface area (Å²) in [5.74, 6) is -1.09. The molecule has 78 valence electrons. The number of hydrogen-bond acceptors (Lipinski definition) is 2. The van der Waals surface area contributed by atoms with Gasteiger partial charge in [-0.15, -0.1) is 0 Å². The fourth-order valence-corrected chi connectivity index (χ4v) is 1.81. The van der Waals surface area contributed by atoms with Gasteiger partial charge >= 0.3 is 5.97 Å². The summed E-state index contributed by atoms with van der Waals surface area (Å²) in [6.45, 7) is 1.66. The molecule has 1 aliphatic rings. The highest BCUT2D eigenvalue weighted by Crippen LogP contribution is 2.34. The average Bonchev–Trinajstić information content (AvgIpc) is 2.61. The van der Waals surface area contributed by atoms with E-state index >= 15 is 0 Å². The molecular formula is C12H12O3. The number of phenolic OH excluding ortho intramolecular Hbond substituents is 1. The number of aromatic hydroxyl groups is 1. The van der Waals surface area contributed by atoms with Crippen molar-refractivity contribution in [2.75, 3.05) is 0 Å². The zero-order valence-electron chi connectivity index (χ0n) is 8.40. The minimum absolute atomic E-state index is 0.222. The Bertz CT molecular complexity index is 446. The maximum atomic E-state index is 10.8. The molecule has 1 atom stereocenters. The molecule has 0 saturated carbocycles. The maximum absolute atomic E-state index is 10.8. The molecular weight excluding hydrogens is 192 g/mol. The summed E-state index contributed by atoms with van der Waals surface area (Å²) in [6.07, 6.45) is 2.40. The van der Waals surface area contributed by atoms with Gasteiger partial charge in [0, 0.05) is 5.56 Å². The van der Waals surface area contributed by atoms with E-state index in [0.717, 1.165) is 16.7 Å². The summed E-state index contributed by atoms with van der Waals surface area (Å²) in [5, 5.41) is 18.5. The smallest absolute Gasteiger partial charge is 0.310 e. The monoisotopic (exact) mass is 204 g/mol. The van der Waals surface area contributed by atoms with Gasteiger partial charge in [-0.1, -0.05) is 23.8 Å². The lowest BCUT2D eigenvalue weighted by Gasteiger charge is -2.06. The molecule has 3 nitrogen and oxygen atoms in total. The molecule has 3 heteroatoms. The second kappa shape index (κ2) is 3.42. The Labute approximate surface area is 87.7 Å². The molecule has 1 aromatic carbocycles. The van der Waals surface area contributed by atoms with Crippen LogP contribution in [0.5, 0.6) is 5.75 Å². The molecule has 0 fully saturated rings. The highest BCUT2D eigenvalue weighted by Gasteiger charge is 2.23. The summed E-state index contributed by atoms with van der Waals surface area (Å²) in [5.41, 5.74) is 2.61. The lowest BCUT2D eigenvalue weighted by molar-refractivity contribution is -0.139. The summed E-state index contributed by atoms with van der Waals surface area (Å²) >= 11 is 0. The molecule has 15 heavy (non-hydrogen) atoms. The third kappa shape index (κ3) is 1.61. The Balaban J connectivity index is 2.35. The van der Waals surface area contributed by atoms with Crippen LogP contribution in [0.4, 0.5) is 0 Å². The van der Waals surface area contributed by atoms with Crippen molar-refractivity contribution in [3.05, 3.63) is 34.9 Å². The average molecular weight is 204 g/mol. The van der Waals surface area contributed by atoms with Gasteiger partial charge in [-0.2, -0.15) is 0 Å². The van der Waals surface area contributed by atoms with E-state index in [1.807, 2.05) is 6.07 Å². The van der Waals surface area contributed by atoms with E-state index in [0.29, 0.717) is 6.42 Å². The molecule has 2 N–H and O–H groups in total. The van der Waals surface area contributed by atoms with Gasteiger partial charge in [-0.25, -0.2) is 0 Å². The minimum atomic E-state index is -0.825. The first-order chi connectivity index (χ1) is 7.09. The Kier molecular flexibility index (Phi) is 2.23. The number of rotatable bonds is 2. The second-order valence-electron chi connectivity index (χ2n) is 3.81. The van der Waals surface area contributed by atoms with Crippen LogP contribution in [-0.2, 0) is 11.2 Å². The first-order valence-electron chi connectivity index (χ1n) is 4.83. The van der Waals surface area contributed by atoms with Crippen molar-refractivity contribution in [2.45, 2.75) is 13.3 Å². The largest absolute Gasteiger partial charge is 0.507 e. The lowest BCUT2D eigenvalue weighted by atomic mass is 10.00. The van der Waals surface area contributed by atoms with Gasteiger partial charge in [0.25, 0.3) is 0 Å². The SMILES string of the molecule is CC(C(=O)O)C1=Cc2c(O)cccc2C1. The van der Waals surface area contributed by atoms with E-state index in [2.05, 4.69) is 0 Å². The van der Waals surface area contributed by atoms with Crippen LogP contribution in [0.2, 0.25) is 0 Å². The first kappa shape index (κ1) is 9.77. The number of carboxylic acids is 1. The van der Waals surface area contributed by atoms with E-state index in [-0.39, 0.29) is 5.75 Å². The summed E-state index contributed by atoms with van der Waals surface area (Å²) in [4.78, 5) is 10.8. The molecule has 0 saturated heterocycles. The molecule has 0 aromatic heterocycles. The normalized spacial score (nSPS) is 15.7. The van der Waals surface area contributed by atoms with Crippen molar-refractivity contribution >= 4 is 12.0 Å². The van der Waals surface area contributed by atoms with Crippen LogP contribution in [0, 0.1) is 5.92 Å². The first-order valence-corrected chi connectivity index (χ1v) is 4.83. The second-order valence-corrected chi connectivity index (χ2v) is 3.81. The van der Waals surface area contributed by atoms with Gasteiger partial charge in [0.05, 0.1) is 5.92 Å². The lowest BCUT2D eigenvalue weighted by Crippen LogP contribution is -2.12. The maximum Gasteiger partial charge on any atom is 0.310 e. The molecule has 1 unspecified atom stereocenters. The van der Waals surface area contributed by atoms with Gasteiger partial charge in [0.15, 0.2) is 0 Å². The molecule has 0 heterocycles. The highest BCUT2D eigenvalue weighted by molar-refractivity contribution is 5.79. The topological polar surface area (TPSA) is 57.5 Å². The summed E-state index contributed by atoms with van der Waals surface area (Å²) < 4.78 is 0. The number of hydrogen-bond donors (Lipinski definition) is 2. The molecule has 1 aromatic rings. The van der Waals surface area contributed by atoms with E-state index in [9.17, 15) is 9.90 Å². The van der Waals surface area contributed by atoms with Crippen LogP contribution in [0.1, 0.15) is 18.1 Å². The molecule has 0 amide bonds. The van der Waals surface area contributed by atoms with Crippen LogP contribution < -0.4 is 0 Å². The molecule has 0 aliphatic heterocycles. The highest BCUT2D eigenvalue weighted by atomic mass is 16.4. The van der Waals surface area contributed by atoms with E-state index < -0.39 is 11.9 Å². The van der Waals surface area contributed by atoms with Gasteiger partial charge in [0.2, 0.25) is 0 Å². The zero-order chi connectivity index (χ0) is 11.0. The number of carboxylic acid groups (broad SMARTS) is 1. The van der Waals surface area contributed by atoms with Crippen LogP contribution in [-0.4, -0.2) is 16.2 Å². The van der Waals surface area contributed by atoms with E-state index in [4.69, 9.17) is 5.11 Å². The zero-order valence-corrected chi connectivity index (χ0v) is 8.40. The number of fused-ring (bicyclic) bond motifs is 1. The predicted octanol–water partition coefficient (Wildman–Crippen LogP) is 2.05. The standard InChI is InChI=1S/C12H12O3/c1-7(12(14)15)9-5-8-3-2-4-11(13)10(8)6-9/h2-4,6-7,13H,5H2,1H3,(H,14,15). The van der Waals surface area contributed by atoms with E-state index in [1.165, 1.54) is 0 Å². The van der Waals surface area contributed by atoms with Crippen LogP contribution in [0.3, 0.4) is 0 Å².